The van der Waals surface area contributed by atoms with Crippen molar-refractivity contribution < 1.29 is 0 Å². The predicted octanol–water partition coefficient (Wildman–Crippen LogP) is 2.92. The van der Waals surface area contributed by atoms with Crippen LogP contribution in [0.1, 0.15) is 24.4 Å². The molecule has 3 nitrogen and oxygen atoms in total. The number of hydrogen-bond donors (Lipinski definition) is 1. The molecule has 90 valence electrons. The molecule has 0 aliphatic heterocycles. The van der Waals surface area contributed by atoms with Crippen molar-refractivity contribution in [2.75, 3.05) is 0 Å². The van der Waals surface area contributed by atoms with Crippen LogP contribution in [-0.2, 0) is 13.6 Å². The van der Waals surface area contributed by atoms with Gasteiger partial charge in [0.2, 0.25) is 0 Å². The molecule has 1 N–H and O–H groups in total. The number of aromatic nitrogens is 2. The second-order valence-electron chi connectivity index (χ2n) is 4.11. The minimum atomic E-state index is 0.255. The second kappa shape index (κ2) is 5.34. The van der Waals surface area contributed by atoms with Gasteiger partial charge in [0.1, 0.15) is 5.82 Å². The quantitative estimate of drug-likeness (QED) is 0.903. The molecule has 0 aliphatic rings. The highest BCUT2D eigenvalue weighted by atomic mass is 35.5. The Balaban J connectivity index is 1.98. The lowest BCUT2D eigenvalue weighted by Gasteiger charge is -2.14. The van der Waals surface area contributed by atoms with E-state index in [-0.39, 0.29) is 6.04 Å². The minimum absolute atomic E-state index is 0.255. The molecule has 0 saturated carbocycles. The van der Waals surface area contributed by atoms with Gasteiger partial charge in [-0.1, -0.05) is 23.7 Å². The van der Waals surface area contributed by atoms with E-state index in [9.17, 15) is 0 Å². The highest BCUT2D eigenvalue weighted by Gasteiger charge is 2.06. The first-order valence-electron chi connectivity index (χ1n) is 5.62. The third kappa shape index (κ3) is 3.08. The molecule has 0 saturated heterocycles. The van der Waals surface area contributed by atoms with Gasteiger partial charge < -0.3 is 9.88 Å². The molecule has 2 rings (SSSR count). The van der Waals surface area contributed by atoms with Gasteiger partial charge in [-0.05, 0) is 24.6 Å². The van der Waals surface area contributed by atoms with Crippen LogP contribution in [0.3, 0.4) is 0 Å². The van der Waals surface area contributed by atoms with Crippen LogP contribution in [0.25, 0.3) is 0 Å². The maximum atomic E-state index is 5.97. The van der Waals surface area contributed by atoms with Crippen LogP contribution in [0.4, 0.5) is 0 Å². The average Bonchev–Trinajstić information content (AvgIpc) is 2.72. The van der Waals surface area contributed by atoms with E-state index < -0.39 is 0 Å². The Bertz CT molecular complexity index is 493. The van der Waals surface area contributed by atoms with Crippen LogP contribution in [-0.4, -0.2) is 9.55 Å². The first kappa shape index (κ1) is 12.1. The predicted molar refractivity (Wildman–Crippen MR) is 69.9 cm³/mol. The lowest BCUT2D eigenvalue weighted by molar-refractivity contribution is 0.549. The number of benzene rings is 1. The summed E-state index contributed by atoms with van der Waals surface area (Å²) in [6.07, 6.45) is 3.75. The molecular weight excluding hydrogens is 234 g/mol. The summed E-state index contributed by atoms with van der Waals surface area (Å²) in [5.41, 5.74) is 1.19. The summed E-state index contributed by atoms with van der Waals surface area (Å²) in [4.78, 5) is 4.27. The summed E-state index contributed by atoms with van der Waals surface area (Å²) in [6, 6.07) is 8.16. The number of hydrogen-bond acceptors (Lipinski definition) is 2. The minimum Gasteiger partial charge on any atom is -0.337 e. The van der Waals surface area contributed by atoms with Crippen LogP contribution in [0.15, 0.2) is 36.7 Å². The highest BCUT2D eigenvalue weighted by Crippen LogP contribution is 2.17. The second-order valence-corrected chi connectivity index (χ2v) is 4.55. The Morgan fingerprint density at radius 1 is 1.47 bits per heavy atom. The van der Waals surface area contributed by atoms with Crippen molar-refractivity contribution in [1.82, 2.24) is 14.9 Å². The van der Waals surface area contributed by atoms with Crippen LogP contribution in [0, 0.1) is 0 Å². The summed E-state index contributed by atoms with van der Waals surface area (Å²) in [6.45, 7) is 2.87. The molecule has 0 bridgehead atoms. The fourth-order valence-electron chi connectivity index (χ4n) is 1.70. The smallest absolute Gasteiger partial charge is 0.122 e. The van der Waals surface area contributed by atoms with E-state index in [1.807, 2.05) is 36.0 Å². The van der Waals surface area contributed by atoms with Crippen molar-refractivity contribution in [3.05, 3.63) is 53.1 Å². The number of imidazole rings is 1. The van der Waals surface area contributed by atoms with Crippen molar-refractivity contribution in [2.45, 2.75) is 19.5 Å². The first-order chi connectivity index (χ1) is 8.16. The Morgan fingerprint density at radius 3 is 2.94 bits per heavy atom. The molecule has 0 radical (unpaired) electrons. The Morgan fingerprint density at radius 2 is 2.29 bits per heavy atom. The van der Waals surface area contributed by atoms with Crippen LogP contribution >= 0.6 is 11.6 Å². The SMILES string of the molecule is C[C@@H](NCc1nccn1C)c1cccc(Cl)c1. The third-order valence-corrected chi connectivity index (χ3v) is 3.07. The van der Waals surface area contributed by atoms with Crippen molar-refractivity contribution in [3.8, 4) is 0 Å². The van der Waals surface area contributed by atoms with Gasteiger partial charge in [-0.25, -0.2) is 4.98 Å². The van der Waals surface area contributed by atoms with E-state index in [0.29, 0.717) is 0 Å². The summed E-state index contributed by atoms with van der Waals surface area (Å²) in [5, 5.41) is 4.20. The number of halogens is 1. The average molecular weight is 250 g/mol. The zero-order valence-corrected chi connectivity index (χ0v) is 10.8. The largest absolute Gasteiger partial charge is 0.337 e. The molecule has 2 aromatic rings. The molecule has 1 heterocycles. The molecule has 1 aromatic carbocycles. The molecule has 1 aromatic heterocycles. The summed E-state index contributed by atoms with van der Waals surface area (Å²) >= 11 is 5.97. The Labute approximate surface area is 106 Å². The molecule has 17 heavy (non-hydrogen) atoms. The lowest BCUT2D eigenvalue weighted by Crippen LogP contribution is -2.20. The molecule has 0 fully saturated rings. The molecule has 0 spiro atoms. The van der Waals surface area contributed by atoms with Crippen molar-refractivity contribution in [3.63, 3.8) is 0 Å². The molecule has 0 amide bonds. The first-order valence-corrected chi connectivity index (χ1v) is 5.99. The standard InChI is InChI=1S/C13H16ClN3/c1-10(11-4-3-5-12(14)8-11)16-9-13-15-6-7-17(13)2/h3-8,10,16H,9H2,1-2H3/t10-/m1/s1. The number of nitrogens with zero attached hydrogens (tertiary/aromatic N) is 2. The maximum absolute atomic E-state index is 5.97. The number of aryl methyl sites for hydroxylation is 1. The van der Waals surface area contributed by atoms with E-state index in [2.05, 4.69) is 23.3 Å². The van der Waals surface area contributed by atoms with Gasteiger partial charge in [0.05, 0.1) is 6.54 Å². The Hall–Kier alpha value is -1.32. The summed E-state index contributed by atoms with van der Waals surface area (Å²) in [5.74, 6) is 1.03. The maximum Gasteiger partial charge on any atom is 0.122 e. The fraction of sp³-hybridized carbons (Fsp3) is 0.308. The lowest BCUT2D eigenvalue weighted by atomic mass is 10.1. The molecule has 0 unspecified atom stereocenters. The van der Waals surface area contributed by atoms with E-state index in [1.165, 1.54) is 5.56 Å². The normalized spacial score (nSPS) is 12.6. The van der Waals surface area contributed by atoms with E-state index in [0.717, 1.165) is 17.4 Å². The molecular formula is C13H16ClN3. The van der Waals surface area contributed by atoms with E-state index in [1.54, 1.807) is 6.20 Å². The fourth-order valence-corrected chi connectivity index (χ4v) is 1.90. The molecule has 4 heteroatoms. The van der Waals surface area contributed by atoms with Gasteiger partial charge >= 0.3 is 0 Å². The van der Waals surface area contributed by atoms with Gasteiger partial charge in [0.25, 0.3) is 0 Å². The molecule has 0 aliphatic carbocycles. The number of rotatable bonds is 4. The Kier molecular flexibility index (Phi) is 3.82. The zero-order chi connectivity index (χ0) is 12.3. The van der Waals surface area contributed by atoms with Crippen LogP contribution in [0.5, 0.6) is 0 Å². The van der Waals surface area contributed by atoms with Crippen molar-refractivity contribution in [1.29, 1.82) is 0 Å². The number of nitrogens with one attached hydrogen (secondary N) is 1. The van der Waals surface area contributed by atoms with Gasteiger partial charge in [0, 0.05) is 30.5 Å². The van der Waals surface area contributed by atoms with Gasteiger partial charge in [-0.15, -0.1) is 0 Å². The summed E-state index contributed by atoms with van der Waals surface area (Å²) in [7, 11) is 1.99. The van der Waals surface area contributed by atoms with E-state index >= 15 is 0 Å². The van der Waals surface area contributed by atoms with Gasteiger partial charge in [-0.2, -0.15) is 0 Å². The zero-order valence-electron chi connectivity index (χ0n) is 10.0. The monoisotopic (exact) mass is 249 g/mol. The topological polar surface area (TPSA) is 29.9 Å². The molecule has 1 atom stereocenters. The van der Waals surface area contributed by atoms with Crippen LogP contribution in [0.2, 0.25) is 5.02 Å². The highest BCUT2D eigenvalue weighted by molar-refractivity contribution is 6.30. The third-order valence-electron chi connectivity index (χ3n) is 2.84. The van der Waals surface area contributed by atoms with Crippen molar-refractivity contribution >= 4 is 11.6 Å². The van der Waals surface area contributed by atoms with Gasteiger partial charge in [0.15, 0.2) is 0 Å². The van der Waals surface area contributed by atoms with Crippen LogP contribution < -0.4 is 5.32 Å². The van der Waals surface area contributed by atoms with Gasteiger partial charge in [-0.3, -0.25) is 0 Å². The van der Waals surface area contributed by atoms with Crippen molar-refractivity contribution in [2.24, 2.45) is 7.05 Å². The van der Waals surface area contributed by atoms with E-state index in [4.69, 9.17) is 11.6 Å². The summed E-state index contributed by atoms with van der Waals surface area (Å²) < 4.78 is 2.01.